The number of nitrogens with two attached hydrogens (primary N) is 1. The second-order valence-corrected chi connectivity index (χ2v) is 6.24. The lowest BCUT2D eigenvalue weighted by atomic mass is 9.66. The fraction of sp³-hybridized carbons (Fsp3) is 0.368. The van der Waals surface area contributed by atoms with Gasteiger partial charge in [0.15, 0.2) is 0 Å². The molecule has 0 saturated carbocycles. The highest BCUT2D eigenvalue weighted by Crippen LogP contribution is 2.39. The van der Waals surface area contributed by atoms with E-state index in [2.05, 4.69) is 24.3 Å². The Morgan fingerprint density at radius 2 is 2.00 bits per heavy atom. The SMILES string of the molecule is Cc1cc(F)ccc1CC1(CN)CCCc2ccccc21. The Bertz CT molecular complexity index is 650. The molecular weight excluding hydrogens is 261 g/mol. The maximum atomic E-state index is 13.3. The zero-order valence-electron chi connectivity index (χ0n) is 12.5. The summed E-state index contributed by atoms with van der Waals surface area (Å²) in [5.41, 5.74) is 11.2. The monoisotopic (exact) mass is 283 g/mol. The van der Waals surface area contributed by atoms with Crippen molar-refractivity contribution >= 4 is 0 Å². The molecule has 2 N–H and O–H groups in total. The molecule has 0 fully saturated rings. The van der Waals surface area contributed by atoms with Crippen LogP contribution >= 0.6 is 0 Å². The summed E-state index contributed by atoms with van der Waals surface area (Å²) in [5, 5.41) is 0. The Morgan fingerprint density at radius 3 is 2.76 bits per heavy atom. The number of halogens is 1. The first-order valence-corrected chi connectivity index (χ1v) is 7.68. The molecule has 0 radical (unpaired) electrons. The molecule has 0 aliphatic heterocycles. The second-order valence-electron chi connectivity index (χ2n) is 6.24. The molecule has 0 spiro atoms. The predicted molar refractivity (Wildman–Crippen MR) is 85.0 cm³/mol. The van der Waals surface area contributed by atoms with Crippen molar-refractivity contribution in [2.45, 2.75) is 38.0 Å². The van der Waals surface area contributed by atoms with Gasteiger partial charge >= 0.3 is 0 Å². The van der Waals surface area contributed by atoms with Crippen LogP contribution in [0.4, 0.5) is 4.39 Å². The highest BCUT2D eigenvalue weighted by Gasteiger charge is 2.35. The van der Waals surface area contributed by atoms with E-state index in [0.717, 1.165) is 24.8 Å². The molecule has 1 nitrogen and oxygen atoms in total. The van der Waals surface area contributed by atoms with Crippen LogP contribution in [0.5, 0.6) is 0 Å². The first kappa shape index (κ1) is 14.3. The number of hydrogen-bond acceptors (Lipinski definition) is 1. The van der Waals surface area contributed by atoms with E-state index in [4.69, 9.17) is 5.73 Å². The van der Waals surface area contributed by atoms with Crippen LogP contribution in [0.1, 0.15) is 35.1 Å². The van der Waals surface area contributed by atoms with Crippen molar-refractivity contribution in [3.8, 4) is 0 Å². The Balaban J connectivity index is 2.02. The van der Waals surface area contributed by atoms with Crippen molar-refractivity contribution in [3.63, 3.8) is 0 Å². The maximum Gasteiger partial charge on any atom is 0.123 e. The molecule has 1 atom stereocenters. The molecule has 0 amide bonds. The summed E-state index contributed by atoms with van der Waals surface area (Å²) in [6, 6.07) is 13.7. The molecule has 0 heterocycles. The van der Waals surface area contributed by atoms with Crippen LogP contribution in [0.25, 0.3) is 0 Å². The lowest BCUT2D eigenvalue weighted by Gasteiger charge is -2.39. The van der Waals surface area contributed by atoms with Crippen LogP contribution in [0, 0.1) is 12.7 Å². The van der Waals surface area contributed by atoms with Gasteiger partial charge in [0.25, 0.3) is 0 Å². The van der Waals surface area contributed by atoms with Crippen LogP contribution in [0.3, 0.4) is 0 Å². The zero-order chi connectivity index (χ0) is 14.9. The van der Waals surface area contributed by atoms with Crippen LogP contribution in [-0.4, -0.2) is 6.54 Å². The fourth-order valence-corrected chi connectivity index (χ4v) is 3.70. The van der Waals surface area contributed by atoms with Gasteiger partial charge in [-0.25, -0.2) is 4.39 Å². The van der Waals surface area contributed by atoms with Gasteiger partial charge in [-0.15, -0.1) is 0 Å². The van der Waals surface area contributed by atoms with E-state index < -0.39 is 0 Å². The lowest BCUT2D eigenvalue weighted by Crippen LogP contribution is -2.40. The lowest BCUT2D eigenvalue weighted by molar-refractivity contribution is 0.365. The minimum Gasteiger partial charge on any atom is -0.330 e. The van der Waals surface area contributed by atoms with Gasteiger partial charge in [0.2, 0.25) is 0 Å². The van der Waals surface area contributed by atoms with Crippen molar-refractivity contribution in [2.75, 3.05) is 6.54 Å². The Morgan fingerprint density at radius 1 is 1.19 bits per heavy atom. The van der Waals surface area contributed by atoms with Crippen LogP contribution in [0.15, 0.2) is 42.5 Å². The van der Waals surface area contributed by atoms with Crippen molar-refractivity contribution in [2.24, 2.45) is 5.73 Å². The molecule has 2 aromatic rings. The van der Waals surface area contributed by atoms with Crippen molar-refractivity contribution in [1.29, 1.82) is 0 Å². The number of aryl methyl sites for hydroxylation is 2. The topological polar surface area (TPSA) is 26.0 Å². The van der Waals surface area contributed by atoms with Crippen LogP contribution in [0.2, 0.25) is 0 Å². The summed E-state index contributed by atoms with van der Waals surface area (Å²) in [4.78, 5) is 0. The summed E-state index contributed by atoms with van der Waals surface area (Å²) in [7, 11) is 0. The Labute approximate surface area is 126 Å². The van der Waals surface area contributed by atoms with E-state index in [1.807, 2.05) is 13.0 Å². The van der Waals surface area contributed by atoms with Gasteiger partial charge in [0.1, 0.15) is 5.82 Å². The molecule has 110 valence electrons. The number of rotatable bonds is 3. The summed E-state index contributed by atoms with van der Waals surface area (Å²) >= 11 is 0. The normalized spacial score (nSPS) is 21.1. The van der Waals surface area contributed by atoms with E-state index in [9.17, 15) is 4.39 Å². The van der Waals surface area contributed by atoms with Gasteiger partial charge < -0.3 is 5.73 Å². The average molecular weight is 283 g/mol. The second kappa shape index (κ2) is 5.61. The highest BCUT2D eigenvalue weighted by atomic mass is 19.1. The van der Waals surface area contributed by atoms with Crippen molar-refractivity contribution in [3.05, 3.63) is 70.5 Å². The first-order valence-electron chi connectivity index (χ1n) is 7.68. The van der Waals surface area contributed by atoms with Gasteiger partial charge in [-0.3, -0.25) is 0 Å². The standard InChI is InChI=1S/C19H22FN/c1-14-11-17(20)9-8-16(14)12-19(13-21)10-4-6-15-5-2-3-7-18(15)19/h2-3,5,7-9,11H,4,6,10,12-13,21H2,1H3. The van der Waals surface area contributed by atoms with Gasteiger partial charge in [0, 0.05) is 12.0 Å². The van der Waals surface area contributed by atoms with Gasteiger partial charge in [-0.2, -0.15) is 0 Å². The van der Waals surface area contributed by atoms with Crippen molar-refractivity contribution in [1.82, 2.24) is 0 Å². The third kappa shape index (κ3) is 2.60. The van der Waals surface area contributed by atoms with Gasteiger partial charge in [0.05, 0.1) is 0 Å². The maximum absolute atomic E-state index is 13.3. The number of benzene rings is 2. The summed E-state index contributed by atoms with van der Waals surface area (Å²) in [6.07, 6.45) is 4.32. The molecule has 2 aromatic carbocycles. The molecule has 0 saturated heterocycles. The van der Waals surface area contributed by atoms with E-state index in [1.165, 1.54) is 23.1 Å². The molecule has 1 unspecified atom stereocenters. The summed E-state index contributed by atoms with van der Waals surface area (Å²) < 4.78 is 13.3. The average Bonchev–Trinajstić information content (AvgIpc) is 2.50. The molecule has 21 heavy (non-hydrogen) atoms. The first-order chi connectivity index (χ1) is 10.1. The molecular formula is C19H22FN. The Kier molecular flexibility index (Phi) is 3.81. The molecule has 1 aliphatic carbocycles. The molecule has 1 aliphatic rings. The van der Waals surface area contributed by atoms with E-state index in [0.29, 0.717) is 6.54 Å². The third-order valence-corrected chi connectivity index (χ3v) is 4.91. The largest absolute Gasteiger partial charge is 0.330 e. The van der Waals surface area contributed by atoms with Gasteiger partial charge in [-0.05, 0) is 67.0 Å². The Hall–Kier alpha value is -1.67. The van der Waals surface area contributed by atoms with E-state index in [1.54, 1.807) is 12.1 Å². The van der Waals surface area contributed by atoms with Gasteiger partial charge in [-0.1, -0.05) is 30.3 Å². The zero-order valence-corrected chi connectivity index (χ0v) is 12.5. The molecule has 0 aromatic heterocycles. The number of hydrogen-bond donors (Lipinski definition) is 1. The highest BCUT2D eigenvalue weighted by molar-refractivity contribution is 5.40. The minimum atomic E-state index is -0.165. The smallest absolute Gasteiger partial charge is 0.123 e. The van der Waals surface area contributed by atoms with Crippen molar-refractivity contribution < 1.29 is 4.39 Å². The molecule has 0 bridgehead atoms. The van der Waals surface area contributed by atoms with E-state index in [-0.39, 0.29) is 11.2 Å². The molecule has 3 rings (SSSR count). The fourth-order valence-electron chi connectivity index (χ4n) is 3.70. The molecule has 2 heteroatoms. The number of fused-ring (bicyclic) bond motifs is 1. The summed E-state index contributed by atoms with van der Waals surface area (Å²) in [5.74, 6) is -0.165. The van der Waals surface area contributed by atoms with E-state index >= 15 is 0 Å². The predicted octanol–water partition coefficient (Wildman–Crippen LogP) is 3.91. The third-order valence-electron chi connectivity index (χ3n) is 4.91. The minimum absolute atomic E-state index is 0.00255. The van der Waals surface area contributed by atoms with Crippen LogP contribution < -0.4 is 5.73 Å². The summed E-state index contributed by atoms with van der Waals surface area (Å²) in [6.45, 7) is 2.62. The quantitative estimate of drug-likeness (QED) is 0.908. The van der Waals surface area contributed by atoms with Crippen LogP contribution in [-0.2, 0) is 18.3 Å².